The molecule has 0 aromatic heterocycles. The third-order valence-corrected chi connectivity index (χ3v) is 6.70. The lowest BCUT2D eigenvalue weighted by atomic mass is 9.73. The minimum absolute atomic E-state index is 0.324. The summed E-state index contributed by atoms with van der Waals surface area (Å²) in [5, 5.41) is 0. The van der Waals surface area contributed by atoms with Gasteiger partial charge in [0.2, 0.25) is 0 Å². The summed E-state index contributed by atoms with van der Waals surface area (Å²) in [4.78, 5) is 5.47. The lowest BCUT2D eigenvalue weighted by Crippen LogP contribution is -2.58. The van der Waals surface area contributed by atoms with Gasteiger partial charge in [-0.05, 0) is 45.1 Å². The predicted molar refractivity (Wildman–Crippen MR) is 84.8 cm³/mol. The minimum Gasteiger partial charge on any atom is -0.329 e. The second kappa shape index (κ2) is 5.94. The van der Waals surface area contributed by atoms with Crippen molar-refractivity contribution in [3.05, 3.63) is 0 Å². The number of nitrogens with zero attached hydrogens (tertiary/aromatic N) is 2. The molecular weight excluding hydrogens is 246 g/mol. The Morgan fingerprint density at radius 3 is 2.70 bits per heavy atom. The first-order valence-corrected chi connectivity index (χ1v) is 8.85. The highest BCUT2D eigenvalue weighted by Crippen LogP contribution is 2.40. The predicted octanol–water partition coefficient (Wildman–Crippen LogP) is 2.45. The third kappa shape index (κ3) is 2.53. The molecule has 1 aliphatic carbocycles. The molecule has 0 amide bonds. The van der Waals surface area contributed by atoms with Gasteiger partial charge in [0.15, 0.2) is 0 Å². The van der Waals surface area contributed by atoms with Crippen molar-refractivity contribution in [3.63, 3.8) is 0 Å². The smallest absolute Gasteiger partial charge is 0.0335 e. The molecule has 2 aliphatic heterocycles. The summed E-state index contributed by atoms with van der Waals surface area (Å²) in [5.74, 6) is 0.908. The largest absolute Gasteiger partial charge is 0.329 e. The first-order valence-electron chi connectivity index (χ1n) is 8.85. The van der Waals surface area contributed by atoms with Crippen molar-refractivity contribution in [3.8, 4) is 0 Å². The van der Waals surface area contributed by atoms with Gasteiger partial charge in [0.05, 0.1) is 0 Å². The van der Waals surface area contributed by atoms with Gasteiger partial charge in [-0.3, -0.25) is 9.80 Å². The van der Waals surface area contributed by atoms with E-state index in [9.17, 15) is 0 Å². The first kappa shape index (κ1) is 14.8. The van der Waals surface area contributed by atoms with Gasteiger partial charge in [-0.2, -0.15) is 0 Å². The van der Waals surface area contributed by atoms with Crippen LogP contribution in [0.2, 0.25) is 0 Å². The van der Waals surface area contributed by atoms with E-state index in [1.165, 1.54) is 64.5 Å². The van der Waals surface area contributed by atoms with Gasteiger partial charge in [-0.25, -0.2) is 0 Å². The summed E-state index contributed by atoms with van der Waals surface area (Å²) in [6.07, 6.45) is 11.0. The number of likely N-dealkylation sites (tertiary alicyclic amines) is 1. The fraction of sp³-hybridized carbons (Fsp3) is 1.00. The van der Waals surface area contributed by atoms with Crippen molar-refractivity contribution >= 4 is 0 Å². The number of likely N-dealkylation sites (N-methyl/N-ethyl adjacent to an activating group) is 1. The molecular formula is C17H33N3. The molecule has 2 saturated heterocycles. The molecule has 3 nitrogen and oxygen atoms in total. The van der Waals surface area contributed by atoms with Gasteiger partial charge in [0, 0.05) is 37.3 Å². The van der Waals surface area contributed by atoms with Crippen LogP contribution in [0.5, 0.6) is 0 Å². The van der Waals surface area contributed by atoms with Crippen LogP contribution in [0.15, 0.2) is 0 Å². The van der Waals surface area contributed by atoms with E-state index in [0.717, 1.165) is 24.5 Å². The Balaban J connectivity index is 1.75. The standard InChI is InChI=1S/C17H33N3/c1-3-14-5-4-9-17(11-14,13-18)20-10-8-15-6-7-16(12-20)19(15)2/h14-16H,3-13,18H2,1-2H3. The zero-order valence-electron chi connectivity index (χ0n) is 13.5. The highest BCUT2D eigenvalue weighted by molar-refractivity contribution is 5.01. The van der Waals surface area contributed by atoms with Crippen LogP contribution in [0.4, 0.5) is 0 Å². The van der Waals surface area contributed by atoms with Gasteiger partial charge in [-0.1, -0.05) is 26.2 Å². The summed E-state index contributed by atoms with van der Waals surface area (Å²) in [5.41, 5.74) is 6.64. The Morgan fingerprint density at radius 2 is 1.95 bits per heavy atom. The molecule has 3 aliphatic rings. The zero-order valence-corrected chi connectivity index (χ0v) is 13.5. The number of hydrogen-bond acceptors (Lipinski definition) is 3. The van der Waals surface area contributed by atoms with Crippen LogP contribution in [0.3, 0.4) is 0 Å². The molecule has 4 atom stereocenters. The maximum absolute atomic E-state index is 6.31. The Labute approximate surface area is 124 Å². The molecule has 2 bridgehead atoms. The van der Waals surface area contributed by atoms with Gasteiger partial charge >= 0.3 is 0 Å². The second-order valence-corrected chi connectivity index (χ2v) is 7.58. The molecule has 0 radical (unpaired) electrons. The highest BCUT2D eigenvalue weighted by atomic mass is 15.3. The molecule has 20 heavy (non-hydrogen) atoms. The van der Waals surface area contributed by atoms with Crippen LogP contribution in [0.1, 0.15) is 58.3 Å². The molecule has 1 saturated carbocycles. The number of rotatable bonds is 3. The molecule has 0 spiro atoms. The first-order chi connectivity index (χ1) is 9.68. The van der Waals surface area contributed by atoms with E-state index in [0.29, 0.717) is 5.54 Å². The van der Waals surface area contributed by atoms with E-state index < -0.39 is 0 Å². The van der Waals surface area contributed by atoms with Crippen molar-refractivity contribution in [2.75, 3.05) is 26.7 Å². The molecule has 3 heteroatoms. The van der Waals surface area contributed by atoms with E-state index in [1.807, 2.05) is 0 Å². The Morgan fingerprint density at radius 1 is 1.15 bits per heavy atom. The SMILES string of the molecule is CCC1CCCC(CN)(N2CCC3CCC(C2)N3C)C1. The van der Waals surface area contributed by atoms with Crippen molar-refractivity contribution in [1.29, 1.82) is 0 Å². The zero-order chi connectivity index (χ0) is 14.2. The normalized spacial score (nSPS) is 43.6. The van der Waals surface area contributed by atoms with Crippen molar-refractivity contribution in [1.82, 2.24) is 9.80 Å². The summed E-state index contributed by atoms with van der Waals surface area (Å²) in [7, 11) is 2.34. The molecule has 4 unspecified atom stereocenters. The summed E-state index contributed by atoms with van der Waals surface area (Å²) in [6.45, 7) is 5.76. The van der Waals surface area contributed by atoms with Gasteiger partial charge in [0.25, 0.3) is 0 Å². The van der Waals surface area contributed by atoms with Crippen LogP contribution in [0.25, 0.3) is 0 Å². The van der Waals surface area contributed by atoms with E-state index in [1.54, 1.807) is 0 Å². The molecule has 2 heterocycles. The number of hydrogen-bond donors (Lipinski definition) is 1. The molecule has 3 fully saturated rings. The van der Waals surface area contributed by atoms with Crippen LogP contribution < -0.4 is 5.73 Å². The van der Waals surface area contributed by atoms with Gasteiger partial charge in [-0.15, -0.1) is 0 Å². The van der Waals surface area contributed by atoms with Crippen LogP contribution in [0, 0.1) is 5.92 Å². The topological polar surface area (TPSA) is 32.5 Å². The Hall–Kier alpha value is -0.120. The van der Waals surface area contributed by atoms with Crippen LogP contribution >= 0.6 is 0 Å². The number of fused-ring (bicyclic) bond motifs is 2. The van der Waals surface area contributed by atoms with E-state index in [-0.39, 0.29) is 0 Å². The maximum atomic E-state index is 6.31. The molecule has 0 aromatic carbocycles. The van der Waals surface area contributed by atoms with Crippen molar-refractivity contribution < 1.29 is 0 Å². The average molecular weight is 279 g/mol. The Kier molecular flexibility index (Phi) is 4.40. The van der Waals surface area contributed by atoms with E-state index in [4.69, 9.17) is 5.73 Å². The lowest BCUT2D eigenvalue weighted by Gasteiger charge is -2.49. The van der Waals surface area contributed by atoms with Crippen LogP contribution in [-0.4, -0.2) is 54.1 Å². The Bertz CT molecular complexity index is 332. The summed E-state index contributed by atoms with van der Waals surface area (Å²) < 4.78 is 0. The molecule has 2 N–H and O–H groups in total. The lowest BCUT2D eigenvalue weighted by molar-refractivity contribution is 0.0283. The van der Waals surface area contributed by atoms with Crippen molar-refractivity contribution in [2.45, 2.75) is 75.9 Å². The fourth-order valence-corrected chi connectivity index (χ4v) is 5.15. The summed E-state index contributed by atoms with van der Waals surface area (Å²) >= 11 is 0. The summed E-state index contributed by atoms with van der Waals surface area (Å²) in [6, 6.07) is 1.62. The quantitative estimate of drug-likeness (QED) is 0.861. The number of nitrogens with two attached hydrogens (primary N) is 1. The van der Waals surface area contributed by atoms with Crippen LogP contribution in [-0.2, 0) is 0 Å². The minimum atomic E-state index is 0.324. The van der Waals surface area contributed by atoms with Gasteiger partial charge in [0.1, 0.15) is 0 Å². The van der Waals surface area contributed by atoms with E-state index >= 15 is 0 Å². The third-order valence-electron chi connectivity index (χ3n) is 6.70. The maximum Gasteiger partial charge on any atom is 0.0335 e. The fourth-order valence-electron chi connectivity index (χ4n) is 5.15. The van der Waals surface area contributed by atoms with Gasteiger partial charge < -0.3 is 5.73 Å². The van der Waals surface area contributed by atoms with Crippen molar-refractivity contribution in [2.24, 2.45) is 11.7 Å². The monoisotopic (exact) mass is 279 g/mol. The highest BCUT2D eigenvalue weighted by Gasteiger charge is 2.44. The average Bonchev–Trinajstić information content (AvgIpc) is 2.72. The van der Waals surface area contributed by atoms with E-state index in [2.05, 4.69) is 23.8 Å². The molecule has 116 valence electrons. The molecule has 3 rings (SSSR count). The second-order valence-electron chi connectivity index (χ2n) is 7.58. The molecule has 0 aromatic rings.